The molecule has 1 atom stereocenters. The van der Waals surface area contributed by atoms with Crippen LogP contribution in [0.2, 0.25) is 0 Å². The Morgan fingerprint density at radius 1 is 1.24 bits per heavy atom. The first-order chi connectivity index (χ1) is 10.0. The van der Waals surface area contributed by atoms with E-state index in [2.05, 4.69) is 5.32 Å². The summed E-state index contributed by atoms with van der Waals surface area (Å²) in [6.45, 7) is 1.80. The zero-order chi connectivity index (χ0) is 15.4. The van der Waals surface area contributed by atoms with Crippen LogP contribution in [0.4, 0.5) is 4.39 Å². The van der Waals surface area contributed by atoms with Crippen molar-refractivity contribution in [1.82, 2.24) is 5.32 Å². The van der Waals surface area contributed by atoms with Crippen molar-refractivity contribution in [3.63, 3.8) is 0 Å². The number of phenolic OH excluding ortho intramolecular Hbond substituents is 1. The molecular formula is C16H16FNO3. The molecule has 0 aliphatic heterocycles. The number of aromatic hydroxyl groups is 1. The van der Waals surface area contributed by atoms with E-state index < -0.39 is 11.7 Å². The highest BCUT2D eigenvalue weighted by atomic mass is 19.1. The first kappa shape index (κ1) is 14.8. The van der Waals surface area contributed by atoms with Gasteiger partial charge in [0.2, 0.25) is 0 Å². The van der Waals surface area contributed by atoms with Crippen LogP contribution in [0.5, 0.6) is 11.5 Å². The summed E-state index contributed by atoms with van der Waals surface area (Å²) in [4.78, 5) is 12.1. The van der Waals surface area contributed by atoms with Crippen molar-refractivity contribution in [2.45, 2.75) is 13.0 Å². The van der Waals surface area contributed by atoms with Crippen molar-refractivity contribution in [2.75, 3.05) is 7.11 Å². The minimum Gasteiger partial charge on any atom is -0.507 e. The fourth-order valence-electron chi connectivity index (χ4n) is 1.94. The van der Waals surface area contributed by atoms with Gasteiger partial charge in [0.1, 0.15) is 17.3 Å². The topological polar surface area (TPSA) is 58.6 Å². The SMILES string of the molecule is COc1ccc(C(C)NC(=O)c2cc(F)ccc2O)cc1. The van der Waals surface area contributed by atoms with Crippen LogP contribution in [0.25, 0.3) is 0 Å². The second-order valence-electron chi connectivity index (χ2n) is 4.63. The maximum atomic E-state index is 13.1. The van der Waals surface area contributed by atoms with Gasteiger partial charge in [-0.05, 0) is 42.8 Å². The molecule has 1 amide bonds. The summed E-state index contributed by atoms with van der Waals surface area (Å²) in [5.41, 5.74) is 0.787. The number of hydrogen-bond acceptors (Lipinski definition) is 3. The van der Waals surface area contributed by atoms with Crippen LogP contribution in [0.1, 0.15) is 28.9 Å². The normalized spacial score (nSPS) is 11.8. The molecule has 0 aliphatic rings. The van der Waals surface area contributed by atoms with Crippen LogP contribution in [0.3, 0.4) is 0 Å². The third-order valence-corrected chi connectivity index (χ3v) is 3.17. The summed E-state index contributed by atoms with van der Waals surface area (Å²) in [5, 5.41) is 12.3. The van der Waals surface area contributed by atoms with Crippen molar-refractivity contribution >= 4 is 5.91 Å². The summed E-state index contributed by atoms with van der Waals surface area (Å²) in [5.74, 6) is -0.638. The molecule has 0 saturated carbocycles. The number of carbonyl (C=O) groups is 1. The Balaban J connectivity index is 2.12. The lowest BCUT2D eigenvalue weighted by Crippen LogP contribution is -2.26. The molecule has 0 fully saturated rings. The highest BCUT2D eigenvalue weighted by molar-refractivity contribution is 5.97. The van der Waals surface area contributed by atoms with Gasteiger partial charge < -0.3 is 15.2 Å². The summed E-state index contributed by atoms with van der Waals surface area (Å²) in [7, 11) is 1.58. The third kappa shape index (κ3) is 3.51. The van der Waals surface area contributed by atoms with Gasteiger partial charge in [-0.25, -0.2) is 4.39 Å². The lowest BCUT2D eigenvalue weighted by molar-refractivity contribution is 0.0936. The molecule has 0 spiro atoms. The minimum atomic E-state index is -0.574. The van der Waals surface area contributed by atoms with Gasteiger partial charge in [0.15, 0.2) is 0 Å². The average molecular weight is 289 g/mol. The highest BCUT2D eigenvalue weighted by Gasteiger charge is 2.15. The molecule has 0 aliphatic carbocycles. The molecule has 2 N–H and O–H groups in total. The fourth-order valence-corrected chi connectivity index (χ4v) is 1.94. The molecule has 21 heavy (non-hydrogen) atoms. The van der Waals surface area contributed by atoms with Crippen LogP contribution in [-0.2, 0) is 0 Å². The second-order valence-corrected chi connectivity index (χ2v) is 4.63. The number of rotatable bonds is 4. The van der Waals surface area contributed by atoms with Crippen molar-refractivity contribution in [2.24, 2.45) is 0 Å². The number of amides is 1. The van der Waals surface area contributed by atoms with E-state index in [0.717, 1.165) is 29.5 Å². The average Bonchev–Trinajstić information content (AvgIpc) is 2.49. The van der Waals surface area contributed by atoms with E-state index in [1.54, 1.807) is 26.2 Å². The van der Waals surface area contributed by atoms with Gasteiger partial charge in [-0.15, -0.1) is 0 Å². The van der Waals surface area contributed by atoms with Gasteiger partial charge in [0.05, 0.1) is 18.7 Å². The van der Waals surface area contributed by atoms with Crippen LogP contribution < -0.4 is 10.1 Å². The van der Waals surface area contributed by atoms with Crippen LogP contribution in [-0.4, -0.2) is 18.1 Å². The van der Waals surface area contributed by atoms with Crippen LogP contribution in [0, 0.1) is 5.82 Å². The molecule has 0 aromatic heterocycles. The van der Waals surface area contributed by atoms with Gasteiger partial charge in [-0.1, -0.05) is 12.1 Å². The number of carbonyl (C=O) groups excluding carboxylic acids is 1. The largest absolute Gasteiger partial charge is 0.507 e. The summed E-state index contributed by atoms with van der Waals surface area (Å²) in [6.07, 6.45) is 0. The van der Waals surface area contributed by atoms with E-state index in [-0.39, 0.29) is 17.4 Å². The molecular weight excluding hydrogens is 273 g/mol. The van der Waals surface area contributed by atoms with E-state index >= 15 is 0 Å². The molecule has 110 valence electrons. The van der Waals surface area contributed by atoms with Gasteiger partial charge in [-0.3, -0.25) is 4.79 Å². The van der Waals surface area contributed by atoms with Crippen LogP contribution >= 0.6 is 0 Å². The summed E-state index contributed by atoms with van der Waals surface area (Å²) >= 11 is 0. The van der Waals surface area contributed by atoms with E-state index in [9.17, 15) is 14.3 Å². The van der Waals surface area contributed by atoms with Gasteiger partial charge in [-0.2, -0.15) is 0 Å². The summed E-state index contributed by atoms with van der Waals surface area (Å²) in [6, 6.07) is 10.2. The maximum Gasteiger partial charge on any atom is 0.255 e. The Kier molecular flexibility index (Phi) is 4.42. The van der Waals surface area contributed by atoms with Crippen molar-refractivity contribution < 1.29 is 19.0 Å². The molecule has 2 aromatic rings. The molecule has 0 heterocycles. The number of benzene rings is 2. The van der Waals surface area contributed by atoms with Crippen molar-refractivity contribution in [3.8, 4) is 11.5 Å². The lowest BCUT2D eigenvalue weighted by Gasteiger charge is -2.15. The Hall–Kier alpha value is -2.56. The number of ether oxygens (including phenoxy) is 1. The number of methoxy groups -OCH3 is 1. The first-order valence-electron chi connectivity index (χ1n) is 6.44. The number of hydrogen-bond donors (Lipinski definition) is 2. The Morgan fingerprint density at radius 3 is 2.52 bits per heavy atom. The van der Waals surface area contributed by atoms with Gasteiger partial charge in [0, 0.05) is 0 Å². The summed E-state index contributed by atoms with van der Waals surface area (Å²) < 4.78 is 18.2. The highest BCUT2D eigenvalue weighted by Crippen LogP contribution is 2.21. The molecule has 5 heteroatoms. The third-order valence-electron chi connectivity index (χ3n) is 3.17. The van der Waals surface area contributed by atoms with E-state index in [0.29, 0.717) is 0 Å². The lowest BCUT2D eigenvalue weighted by atomic mass is 10.1. The zero-order valence-corrected chi connectivity index (χ0v) is 11.8. The molecule has 2 aromatic carbocycles. The molecule has 4 nitrogen and oxygen atoms in total. The minimum absolute atomic E-state index is 0.0876. The Bertz CT molecular complexity index is 640. The Labute approximate surface area is 122 Å². The van der Waals surface area contributed by atoms with Gasteiger partial charge in [0.25, 0.3) is 5.91 Å². The fraction of sp³-hybridized carbons (Fsp3) is 0.188. The smallest absolute Gasteiger partial charge is 0.255 e. The Morgan fingerprint density at radius 2 is 1.90 bits per heavy atom. The quantitative estimate of drug-likeness (QED) is 0.909. The van der Waals surface area contributed by atoms with E-state index in [4.69, 9.17) is 4.74 Å². The number of phenols is 1. The van der Waals surface area contributed by atoms with Gasteiger partial charge >= 0.3 is 0 Å². The molecule has 2 rings (SSSR count). The molecule has 0 radical (unpaired) electrons. The standard InChI is InChI=1S/C16H16FNO3/c1-10(11-3-6-13(21-2)7-4-11)18-16(20)14-9-12(17)5-8-15(14)19/h3-10,19H,1-2H3,(H,18,20). The molecule has 0 saturated heterocycles. The number of halogens is 1. The predicted octanol–water partition coefficient (Wildman–Crippen LogP) is 3.03. The van der Waals surface area contributed by atoms with Crippen molar-refractivity contribution in [1.29, 1.82) is 0 Å². The molecule has 1 unspecified atom stereocenters. The predicted molar refractivity (Wildman–Crippen MR) is 76.9 cm³/mol. The van der Waals surface area contributed by atoms with Crippen molar-refractivity contribution in [3.05, 3.63) is 59.4 Å². The zero-order valence-electron chi connectivity index (χ0n) is 11.8. The molecule has 0 bridgehead atoms. The van der Waals surface area contributed by atoms with E-state index in [1.807, 2.05) is 12.1 Å². The first-order valence-corrected chi connectivity index (χ1v) is 6.44. The second kappa shape index (κ2) is 6.26. The monoisotopic (exact) mass is 289 g/mol. The van der Waals surface area contributed by atoms with Crippen LogP contribution in [0.15, 0.2) is 42.5 Å². The number of nitrogens with one attached hydrogen (secondary N) is 1. The van der Waals surface area contributed by atoms with E-state index in [1.165, 1.54) is 0 Å². The maximum absolute atomic E-state index is 13.1.